The predicted molar refractivity (Wildman–Crippen MR) is 286 cm³/mol. The number of hydrogen-bond donors (Lipinski definition) is 3. The molecule has 0 saturated carbocycles. The van der Waals surface area contributed by atoms with Crippen molar-refractivity contribution in [2.45, 2.75) is 68.2 Å². The molecule has 6 aliphatic heterocycles. The second kappa shape index (κ2) is 45.2. The molecule has 6 aliphatic rings. The zero-order valence-electron chi connectivity index (χ0n) is 44.7. The summed E-state index contributed by atoms with van der Waals surface area (Å²) in [6.07, 6.45) is 32.1. The number of carbonyl (C=O) groups is 3. The first kappa shape index (κ1) is 76.5. The van der Waals surface area contributed by atoms with Gasteiger partial charge in [0.2, 0.25) is 0 Å². The van der Waals surface area contributed by atoms with Gasteiger partial charge < -0.3 is 74.8 Å². The average Bonchev–Trinajstić information content (AvgIpc) is 4.25. The number of carboxylic acids is 3. The third-order valence-corrected chi connectivity index (χ3v) is 7.98. The molecule has 9 rings (SSSR count). The van der Waals surface area contributed by atoms with Crippen molar-refractivity contribution >= 4 is 17.9 Å². The first-order valence-electron chi connectivity index (χ1n) is 23.1. The van der Waals surface area contributed by atoms with Crippen LogP contribution in [0.25, 0.3) is 0 Å². The molecule has 21 nitrogen and oxygen atoms in total. The smallest absolute Gasteiger partial charge is 0.509 e. The van der Waals surface area contributed by atoms with E-state index in [0.717, 1.165) is 0 Å². The van der Waals surface area contributed by atoms with E-state index in [1.807, 2.05) is 216 Å². The molecule has 0 unspecified atom stereocenters. The van der Waals surface area contributed by atoms with E-state index in [1.165, 1.54) is 56.1 Å². The summed E-state index contributed by atoms with van der Waals surface area (Å²) in [6.45, 7) is 24.8. The van der Waals surface area contributed by atoms with Crippen molar-refractivity contribution in [2.75, 3.05) is 42.3 Å². The van der Waals surface area contributed by atoms with E-state index in [1.54, 1.807) is 36.4 Å². The van der Waals surface area contributed by atoms with E-state index in [4.69, 9.17) is 15.3 Å². The third-order valence-electron chi connectivity index (χ3n) is 7.98. The van der Waals surface area contributed by atoms with Gasteiger partial charge in [0.1, 0.15) is 17.1 Å². The molecule has 24 heteroatoms. The van der Waals surface area contributed by atoms with E-state index in [-0.39, 0.29) is 87.7 Å². The molecule has 0 bridgehead atoms. The van der Waals surface area contributed by atoms with Crippen LogP contribution in [0.1, 0.15) is 99.7 Å². The molecular formula is C52H79N15O6Pt3. The van der Waals surface area contributed by atoms with Gasteiger partial charge in [-0.1, -0.05) is 86.4 Å². The minimum Gasteiger partial charge on any atom is -0.509 e. The topological polar surface area (TPSA) is 189 Å². The van der Waals surface area contributed by atoms with Crippen LogP contribution in [-0.4, -0.2) is 150 Å². The Morgan fingerprint density at radius 2 is 0.513 bits per heavy atom. The molecule has 428 valence electrons. The predicted octanol–water partition coefficient (Wildman–Crippen LogP) is 8.95. The van der Waals surface area contributed by atoms with Gasteiger partial charge in [0.25, 0.3) is 0 Å². The molecule has 3 aromatic heterocycles. The first-order valence-corrected chi connectivity index (χ1v) is 23.1. The fraction of sp³-hybridized carbons (Fsp3) is 0.308. The number of pyridine rings is 3. The Balaban J connectivity index is -0.000000394. The molecule has 0 aliphatic carbocycles. The van der Waals surface area contributed by atoms with Gasteiger partial charge in [-0.05, 0) is 116 Å². The van der Waals surface area contributed by atoms with Gasteiger partial charge in [-0.3, -0.25) is 0 Å². The standard InChI is InChI=1S/3C8H12N4.3C6H5NO2.3C3H8.CH4.3Pt/c3*1-9-3-5-11(7-9)12-6-4-10(2)8-12;3*8-6(9)5-3-1-2-4-7-5;3*1-3-2;;;;/h3*3-8H,1-2H3;3*1-4H,(H,8,9);3*3H2,1-2H3;1H4;;;/q3*-2;;;;;;;;3*+2. The fourth-order valence-electron chi connectivity index (χ4n) is 4.91. The number of hydrazine groups is 3. The summed E-state index contributed by atoms with van der Waals surface area (Å²) in [4.78, 5) is 53.2. The molecule has 0 atom stereocenters. The number of aromatic carboxylic acids is 3. The number of rotatable bonds is 6. The van der Waals surface area contributed by atoms with Crippen LogP contribution < -0.4 is 0 Å². The van der Waals surface area contributed by atoms with Crippen LogP contribution in [0.15, 0.2) is 148 Å². The Morgan fingerprint density at radius 1 is 0.355 bits per heavy atom. The van der Waals surface area contributed by atoms with Crippen molar-refractivity contribution < 1.29 is 92.9 Å². The van der Waals surface area contributed by atoms with Crippen molar-refractivity contribution in [2.24, 2.45) is 0 Å². The van der Waals surface area contributed by atoms with Gasteiger partial charge in [-0.25, -0.2) is 29.3 Å². The maximum Gasteiger partial charge on any atom is 2.00 e. The molecule has 76 heavy (non-hydrogen) atoms. The van der Waals surface area contributed by atoms with E-state index in [9.17, 15) is 14.4 Å². The summed E-state index contributed by atoms with van der Waals surface area (Å²) in [7, 11) is 12.0. The van der Waals surface area contributed by atoms with Crippen LogP contribution in [0.3, 0.4) is 0 Å². The normalized spacial score (nSPS) is 14.2. The molecule has 0 saturated heterocycles. The van der Waals surface area contributed by atoms with Crippen molar-refractivity contribution in [3.63, 3.8) is 0 Å². The van der Waals surface area contributed by atoms with Crippen molar-refractivity contribution in [1.29, 1.82) is 0 Å². The zero-order chi connectivity index (χ0) is 53.8. The number of hydrogen-bond acceptors (Lipinski definition) is 18. The maximum atomic E-state index is 10.1. The molecule has 9 heterocycles. The number of carboxylic acid groups (broad SMARTS) is 3. The van der Waals surface area contributed by atoms with E-state index in [2.05, 4.69) is 56.5 Å². The summed E-state index contributed by atoms with van der Waals surface area (Å²) >= 11 is 0. The van der Waals surface area contributed by atoms with Crippen LogP contribution in [0.4, 0.5) is 0 Å². The Labute approximate surface area is 497 Å². The van der Waals surface area contributed by atoms with Crippen LogP contribution >= 0.6 is 0 Å². The summed E-state index contributed by atoms with van der Waals surface area (Å²) in [6, 6.07) is 14.3. The van der Waals surface area contributed by atoms with Crippen molar-refractivity contribution in [1.82, 2.24) is 74.4 Å². The molecule has 0 aromatic carbocycles. The van der Waals surface area contributed by atoms with Crippen LogP contribution in [0, 0.1) is 40.0 Å². The molecule has 0 spiro atoms. The third kappa shape index (κ3) is 33.1. The summed E-state index contributed by atoms with van der Waals surface area (Å²) in [5.41, 5.74) is 0.243. The fourth-order valence-corrected chi connectivity index (χ4v) is 4.91. The quantitative estimate of drug-likeness (QED) is 0.198. The van der Waals surface area contributed by atoms with Gasteiger partial charge in [-0.15, -0.1) is 40.0 Å². The second-order valence-corrected chi connectivity index (χ2v) is 15.4. The van der Waals surface area contributed by atoms with Gasteiger partial charge in [0.05, 0.1) is 0 Å². The van der Waals surface area contributed by atoms with Gasteiger partial charge in [-0.2, -0.15) is 0 Å². The summed E-state index contributed by atoms with van der Waals surface area (Å²) < 4.78 is 0. The van der Waals surface area contributed by atoms with Gasteiger partial charge >= 0.3 is 81.1 Å². The number of nitrogens with zero attached hydrogens (tertiary/aromatic N) is 15. The van der Waals surface area contributed by atoms with E-state index >= 15 is 0 Å². The average molecular weight is 1600 g/mol. The molecule has 3 N–H and O–H groups in total. The summed E-state index contributed by atoms with van der Waals surface area (Å²) in [5.74, 6) is -2.97. The van der Waals surface area contributed by atoms with E-state index < -0.39 is 17.9 Å². The largest absolute Gasteiger partial charge is 2.00 e. The SMILES string of the molecule is C.CCC.CCC.CCC.CN1C=CN(N2C=CN(C)[CH-]2)[CH-]1.CN1C=CN(N2C=CN(C)[CH-]2)[CH-]1.CN1C=CN(N2C=CN(C)[CH-]2)[CH-]1.O=C(O)c1ccccn1.O=C(O)c1ccccn1.O=C(O)c1ccccn1.[Pt+2].[Pt+2].[Pt+2]. The minimum atomic E-state index is -0.990. The molecule has 0 amide bonds. The zero-order valence-corrected chi connectivity index (χ0v) is 51.5. The van der Waals surface area contributed by atoms with Crippen LogP contribution in [0.2, 0.25) is 0 Å². The van der Waals surface area contributed by atoms with E-state index in [0.29, 0.717) is 0 Å². The Hall–Kier alpha value is -6.04. The number of aromatic nitrogens is 3. The van der Waals surface area contributed by atoms with Crippen molar-refractivity contribution in [3.8, 4) is 0 Å². The van der Waals surface area contributed by atoms with Gasteiger partial charge in [0.15, 0.2) is 0 Å². The van der Waals surface area contributed by atoms with Crippen molar-refractivity contribution in [3.05, 3.63) is 205 Å². The molecular weight excluding hydrogens is 1520 g/mol. The summed E-state index contributed by atoms with van der Waals surface area (Å²) in [5, 5.41) is 37.0. The maximum absolute atomic E-state index is 10.1. The monoisotopic (exact) mass is 1590 g/mol. The molecule has 0 radical (unpaired) electrons. The van der Waals surface area contributed by atoms with Crippen LogP contribution in [0.5, 0.6) is 0 Å². The van der Waals surface area contributed by atoms with Gasteiger partial charge in [0, 0.05) is 55.8 Å². The Bertz CT molecular complexity index is 1820. The second-order valence-electron chi connectivity index (χ2n) is 15.4. The first-order chi connectivity index (χ1) is 34.4. The molecule has 3 aromatic rings. The minimum absolute atomic E-state index is 0. The Kier molecular flexibility index (Phi) is 45.5. The molecule has 0 fully saturated rings. The Morgan fingerprint density at radius 3 is 0.592 bits per heavy atom. The van der Waals surface area contributed by atoms with Crippen LogP contribution in [-0.2, 0) is 63.2 Å².